The van der Waals surface area contributed by atoms with E-state index >= 15 is 0 Å². The Bertz CT molecular complexity index is 1240. The van der Waals surface area contributed by atoms with Crippen LogP contribution in [0.15, 0.2) is 61.2 Å². The molecule has 0 amide bonds. The van der Waals surface area contributed by atoms with Gasteiger partial charge in [0.25, 0.3) is 0 Å². The van der Waals surface area contributed by atoms with Crippen LogP contribution < -0.4 is 5.32 Å². The minimum Gasteiger partial charge on any atom is -0.467 e. The second kappa shape index (κ2) is 10.6. The summed E-state index contributed by atoms with van der Waals surface area (Å²) >= 11 is 0. The Hall–Kier alpha value is -3.45. The minimum atomic E-state index is -4.97. The van der Waals surface area contributed by atoms with Crippen molar-refractivity contribution in [2.45, 2.75) is 49.3 Å². The summed E-state index contributed by atoms with van der Waals surface area (Å²) in [5.41, 5.74) is -4.37. The molecular weight excluding hydrogens is 530 g/mol. The SMILES string of the molecule is COC(=O)[C@@]1(n2cnnc2)CC[C@@](CO[C@H](C)c2cc(C(F)(F)F)cc(C(F)(F)F)c2)(c2ccccc2)NC1. The molecule has 0 saturated carbocycles. The first-order valence-corrected chi connectivity index (χ1v) is 12.0. The third-order valence-corrected chi connectivity index (χ3v) is 7.15. The van der Waals surface area contributed by atoms with Gasteiger partial charge in [-0.1, -0.05) is 30.3 Å². The Morgan fingerprint density at radius 1 is 1.00 bits per heavy atom. The van der Waals surface area contributed by atoms with Crippen LogP contribution in [0.1, 0.15) is 48.1 Å². The number of nitrogens with zero attached hydrogens (tertiary/aromatic N) is 3. The zero-order chi connectivity index (χ0) is 28.5. The quantitative estimate of drug-likeness (QED) is 0.317. The van der Waals surface area contributed by atoms with Gasteiger partial charge in [-0.2, -0.15) is 26.3 Å². The molecule has 3 atom stereocenters. The molecular formula is C26H26F6N4O3. The van der Waals surface area contributed by atoms with Gasteiger partial charge in [0.05, 0.1) is 36.5 Å². The first-order valence-electron chi connectivity index (χ1n) is 12.0. The van der Waals surface area contributed by atoms with Crippen molar-refractivity contribution in [2.75, 3.05) is 20.3 Å². The molecule has 1 aliphatic rings. The summed E-state index contributed by atoms with van der Waals surface area (Å²) in [5.74, 6) is -0.519. The number of benzene rings is 2. The van der Waals surface area contributed by atoms with Gasteiger partial charge in [0.15, 0.2) is 5.54 Å². The summed E-state index contributed by atoms with van der Waals surface area (Å²) in [4.78, 5) is 12.9. The molecule has 0 unspecified atom stereocenters. The van der Waals surface area contributed by atoms with Crippen LogP contribution in [0.25, 0.3) is 0 Å². The summed E-state index contributed by atoms with van der Waals surface area (Å²) in [5, 5.41) is 10.9. The lowest BCUT2D eigenvalue weighted by molar-refractivity contribution is -0.154. The number of carbonyl (C=O) groups is 1. The van der Waals surface area contributed by atoms with Gasteiger partial charge in [0, 0.05) is 6.54 Å². The van der Waals surface area contributed by atoms with Gasteiger partial charge in [0.1, 0.15) is 12.7 Å². The number of hydrogen-bond donors (Lipinski definition) is 1. The fraction of sp³-hybridized carbons (Fsp3) is 0.423. The molecule has 1 fully saturated rings. The molecule has 13 heteroatoms. The fourth-order valence-electron chi connectivity index (χ4n) is 4.81. The molecule has 4 rings (SSSR count). The predicted molar refractivity (Wildman–Crippen MR) is 126 cm³/mol. The van der Waals surface area contributed by atoms with Crippen LogP contribution in [0.4, 0.5) is 26.3 Å². The van der Waals surface area contributed by atoms with Gasteiger partial charge < -0.3 is 19.4 Å². The molecule has 0 radical (unpaired) electrons. The lowest BCUT2D eigenvalue weighted by Gasteiger charge is -2.46. The van der Waals surface area contributed by atoms with Crippen molar-refractivity contribution in [1.82, 2.24) is 20.1 Å². The Labute approximate surface area is 220 Å². The van der Waals surface area contributed by atoms with Crippen LogP contribution in [0.3, 0.4) is 0 Å². The molecule has 0 aliphatic carbocycles. The average Bonchev–Trinajstić information content (AvgIpc) is 3.46. The number of halogens is 6. The smallest absolute Gasteiger partial charge is 0.416 e. The van der Waals surface area contributed by atoms with Crippen LogP contribution in [-0.2, 0) is 37.7 Å². The molecule has 1 saturated heterocycles. The number of piperidine rings is 1. The van der Waals surface area contributed by atoms with Crippen molar-refractivity contribution in [3.05, 3.63) is 83.4 Å². The molecule has 1 aliphatic heterocycles. The highest BCUT2D eigenvalue weighted by atomic mass is 19.4. The number of nitrogens with one attached hydrogen (secondary N) is 1. The molecule has 2 heterocycles. The van der Waals surface area contributed by atoms with Crippen molar-refractivity contribution < 1.29 is 40.6 Å². The highest BCUT2D eigenvalue weighted by Gasteiger charge is 2.50. The molecule has 2 aromatic carbocycles. The number of alkyl halides is 6. The molecule has 1 N–H and O–H groups in total. The first-order chi connectivity index (χ1) is 18.3. The molecule has 1 aromatic heterocycles. The van der Waals surface area contributed by atoms with E-state index in [0.717, 1.165) is 5.56 Å². The average molecular weight is 557 g/mol. The second-order valence-electron chi connectivity index (χ2n) is 9.49. The van der Waals surface area contributed by atoms with Gasteiger partial charge in [-0.25, -0.2) is 4.79 Å². The van der Waals surface area contributed by atoms with Gasteiger partial charge >= 0.3 is 18.3 Å². The minimum absolute atomic E-state index is 0.0755. The molecule has 3 aromatic rings. The van der Waals surface area contributed by atoms with E-state index in [1.165, 1.54) is 26.7 Å². The number of rotatable bonds is 7. The van der Waals surface area contributed by atoms with E-state index in [9.17, 15) is 31.1 Å². The second-order valence-corrected chi connectivity index (χ2v) is 9.49. The summed E-state index contributed by atoms with van der Waals surface area (Å²) in [7, 11) is 1.27. The predicted octanol–water partition coefficient (Wildman–Crippen LogP) is 5.24. The molecule has 0 spiro atoms. The monoisotopic (exact) mass is 556 g/mol. The highest BCUT2D eigenvalue weighted by Crippen LogP contribution is 2.41. The number of ether oxygens (including phenoxy) is 2. The van der Waals surface area contributed by atoms with Crippen molar-refractivity contribution >= 4 is 5.97 Å². The maximum atomic E-state index is 13.4. The van der Waals surface area contributed by atoms with E-state index in [0.29, 0.717) is 18.6 Å². The third-order valence-electron chi connectivity index (χ3n) is 7.15. The Morgan fingerprint density at radius 2 is 1.59 bits per heavy atom. The standard InChI is InChI=1S/C26H26F6N4O3/c1-17(18-10-20(25(27,28)29)12-21(11-18)26(30,31)32)39-14-23(19-6-4-3-5-7-19)8-9-24(13-33-23,22(37)38-2)36-15-34-35-16-36/h3-7,10-12,15-17,33H,8-9,13-14H2,1-2H3/t17-,23-,24-/m1/s1. The lowest BCUT2D eigenvalue weighted by atomic mass is 9.76. The fourth-order valence-corrected chi connectivity index (χ4v) is 4.81. The van der Waals surface area contributed by atoms with Crippen LogP contribution >= 0.6 is 0 Å². The maximum absolute atomic E-state index is 13.4. The van der Waals surface area contributed by atoms with Crippen molar-refractivity contribution in [2.24, 2.45) is 0 Å². The highest BCUT2D eigenvalue weighted by molar-refractivity contribution is 5.79. The normalized spacial score (nSPS) is 22.9. The summed E-state index contributed by atoms with van der Waals surface area (Å²) in [6, 6.07) is 10.5. The topological polar surface area (TPSA) is 78.3 Å². The third kappa shape index (κ3) is 5.78. The van der Waals surface area contributed by atoms with Gasteiger partial charge in [-0.05, 0) is 49.1 Å². The zero-order valence-electron chi connectivity index (χ0n) is 21.0. The van der Waals surface area contributed by atoms with E-state index in [4.69, 9.17) is 9.47 Å². The van der Waals surface area contributed by atoms with Crippen LogP contribution in [0, 0.1) is 0 Å². The summed E-state index contributed by atoms with van der Waals surface area (Å²) in [6.07, 6.45) is -7.67. The number of esters is 1. The first kappa shape index (κ1) is 28.6. The summed E-state index contributed by atoms with van der Waals surface area (Å²) in [6.45, 7) is 1.37. The Balaban J connectivity index is 1.63. The lowest BCUT2D eigenvalue weighted by Crippen LogP contribution is -2.61. The maximum Gasteiger partial charge on any atom is 0.416 e. The van der Waals surface area contributed by atoms with Gasteiger partial charge in [0.2, 0.25) is 0 Å². The number of carbonyl (C=O) groups excluding carboxylic acids is 1. The van der Waals surface area contributed by atoms with Crippen molar-refractivity contribution in [1.29, 1.82) is 0 Å². The van der Waals surface area contributed by atoms with Crippen LogP contribution in [0.2, 0.25) is 0 Å². The van der Waals surface area contributed by atoms with Crippen molar-refractivity contribution in [3.8, 4) is 0 Å². The van der Waals surface area contributed by atoms with Crippen LogP contribution in [-0.4, -0.2) is 41.0 Å². The van der Waals surface area contributed by atoms with E-state index in [2.05, 4.69) is 15.5 Å². The van der Waals surface area contributed by atoms with Crippen LogP contribution in [0.5, 0.6) is 0 Å². The van der Waals surface area contributed by atoms with Crippen molar-refractivity contribution in [3.63, 3.8) is 0 Å². The Morgan fingerprint density at radius 3 is 2.08 bits per heavy atom. The molecule has 39 heavy (non-hydrogen) atoms. The van der Waals surface area contributed by atoms with E-state index in [-0.39, 0.29) is 31.2 Å². The van der Waals surface area contributed by atoms with E-state index in [1.807, 2.05) is 12.1 Å². The van der Waals surface area contributed by atoms with Gasteiger partial charge in [-0.3, -0.25) is 0 Å². The molecule has 210 valence electrons. The van der Waals surface area contributed by atoms with Gasteiger partial charge in [-0.15, -0.1) is 10.2 Å². The Kier molecular flexibility index (Phi) is 7.77. The van der Waals surface area contributed by atoms with E-state index < -0.39 is 46.6 Å². The number of hydrogen-bond acceptors (Lipinski definition) is 6. The number of methoxy groups -OCH3 is 1. The van der Waals surface area contributed by atoms with E-state index in [1.54, 1.807) is 22.8 Å². The largest absolute Gasteiger partial charge is 0.467 e. The zero-order valence-corrected chi connectivity index (χ0v) is 21.0. The molecule has 7 nitrogen and oxygen atoms in total. The molecule has 0 bridgehead atoms. The number of aromatic nitrogens is 3. The summed E-state index contributed by atoms with van der Waals surface area (Å²) < 4.78 is 92.8.